The van der Waals surface area contributed by atoms with Crippen LogP contribution in [0.25, 0.3) is 0 Å². The first-order valence-electron chi connectivity index (χ1n) is 5.40. The Bertz CT molecular complexity index is 587. The standard InChI is InChI=1S/C13H12N2O2S/c1-8-12(18-7-14-8)13(17)15-11-5-3-10(4-6-11)9(2)16/h3-7H,1-2H3,(H,15,17). The molecule has 92 valence electrons. The highest BCUT2D eigenvalue weighted by Crippen LogP contribution is 2.16. The lowest BCUT2D eigenvalue weighted by atomic mass is 10.1. The van der Waals surface area contributed by atoms with Gasteiger partial charge in [0.2, 0.25) is 0 Å². The summed E-state index contributed by atoms with van der Waals surface area (Å²) in [5, 5.41) is 2.77. The lowest BCUT2D eigenvalue weighted by Gasteiger charge is -2.04. The van der Waals surface area contributed by atoms with E-state index in [1.54, 1.807) is 36.7 Å². The molecule has 0 unspecified atom stereocenters. The molecular formula is C13H12N2O2S. The Morgan fingerprint density at radius 3 is 2.39 bits per heavy atom. The largest absolute Gasteiger partial charge is 0.321 e. The Hall–Kier alpha value is -2.01. The van der Waals surface area contributed by atoms with Gasteiger partial charge in [-0.3, -0.25) is 9.59 Å². The molecule has 1 amide bonds. The molecule has 0 spiro atoms. The predicted octanol–water partition coefficient (Wildman–Crippen LogP) is 2.91. The van der Waals surface area contributed by atoms with E-state index >= 15 is 0 Å². The zero-order valence-electron chi connectivity index (χ0n) is 10.1. The van der Waals surface area contributed by atoms with Crippen LogP contribution in [0.1, 0.15) is 32.6 Å². The van der Waals surface area contributed by atoms with Gasteiger partial charge in [0.1, 0.15) is 4.88 Å². The van der Waals surface area contributed by atoms with Crippen molar-refractivity contribution in [3.63, 3.8) is 0 Å². The second kappa shape index (κ2) is 5.10. The summed E-state index contributed by atoms with van der Waals surface area (Å²) < 4.78 is 0. The first kappa shape index (κ1) is 12.4. The molecule has 2 rings (SSSR count). The van der Waals surface area contributed by atoms with E-state index in [2.05, 4.69) is 10.3 Å². The third-order valence-electron chi connectivity index (χ3n) is 2.50. The lowest BCUT2D eigenvalue weighted by molar-refractivity contribution is 0.101. The van der Waals surface area contributed by atoms with Crippen molar-refractivity contribution >= 4 is 28.7 Å². The van der Waals surface area contributed by atoms with E-state index in [1.807, 2.05) is 0 Å². The van der Waals surface area contributed by atoms with Gasteiger partial charge in [-0.15, -0.1) is 11.3 Å². The fourth-order valence-corrected chi connectivity index (χ4v) is 2.19. The minimum Gasteiger partial charge on any atom is -0.321 e. The highest BCUT2D eigenvalue weighted by Gasteiger charge is 2.11. The SMILES string of the molecule is CC(=O)c1ccc(NC(=O)c2scnc2C)cc1. The summed E-state index contributed by atoms with van der Waals surface area (Å²) in [7, 11) is 0. The van der Waals surface area contributed by atoms with Crippen molar-refractivity contribution in [3.05, 3.63) is 45.9 Å². The maximum atomic E-state index is 11.9. The summed E-state index contributed by atoms with van der Waals surface area (Å²) >= 11 is 1.31. The molecule has 4 nitrogen and oxygen atoms in total. The Labute approximate surface area is 109 Å². The number of hydrogen-bond acceptors (Lipinski definition) is 4. The summed E-state index contributed by atoms with van der Waals surface area (Å²) in [6.45, 7) is 3.30. The van der Waals surface area contributed by atoms with E-state index in [1.165, 1.54) is 18.3 Å². The number of Topliss-reactive ketones (excluding diaryl/α,β-unsaturated/α-hetero) is 1. The summed E-state index contributed by atoms with van der Waals surface area (Å²) in [5.74, 6) is -0.170. The number of benzene rings is 1. The van der Waals surface area contributed by atoms with Crippen LogP contribution in [0.15, 0.2) is 29.8 Å². The average molecular weight is 260 g/mol. The molecule has 2 aromatic rings. The normalized spacial score (nSPS) is 10.1. The number of aryl methyl sites for hydroxylation is 1. The molecule has 1 N–H and O–H groups in total. The van der Waals surface area contributed by atoms with Crippen LogP contribution in [0.2, 0.25) is 0 Å². The minimum atomic E-state index is -0.175. The minimum absolute atomic E-state index is 0.00572. The van der Waals surface area contributed by atoms with E-state index in [0.29, 0.717) is 16.1 Å². The fourth-order valence-electron chi connectivity index (χ4n) is 1.50. The Balaban J connectivity index is 2.13. The molecular weight excluding hydrogens is 248 g/mol. The number of amides is 1. The second-order valence-electron chi connectivity index (χ2n) is 3.85. The van der Waals surface area contributed by atoms with Gasteiger partial charge in [-0.2, -0.15) is 0 Å². The number of nitrogens with one attached hydrogen (secondary N) is 1. The predicted molar refractivity (Wildman–Crippen MR) is 71.3 cm³/mol. The maximum Gasteiger partial charge on any atom is 0.267 e. The van der Waals surface area contributed by atoms with Gasteiger partial charge in [-0.05, 0) is 38.1 Å². The van der Waals surface area contributed by atoms with Gasteiger partial charge in [-0.25, -0.2) is 4.98 Å². The average Bonchev–Trinajstić information content (AvgIpc) is 2.76. The van der Waals surface area contributed by atoms with E-state index < -0.39 is 0 Å². The molecule has 5 heteroatoms. The highest BCUT2D eigenvalue weighted by atomic mass is 32.1. The van der Waals surface area contributed by atoms with Crippen molar-refractivity contribution in [1.29, 1.82) is 0 Å². The van der Waals surface area contributed by atoms with Gasteiger partial charge < -0.3 is 5.32 Å². The zero-order chi connectivity index (χ0) is 13.1. The van der Waals surface area contributed by atoms with Crippen LogP contribution in [0.5, 0.6) is 0 Å². The van der Waals surface area contributed by atoms with Crippen molar-refractivity contribution in [2.45, 2.75) is 13.8 Å². The van der Waals surface area contributed by atoms with Crippen LogP contribution >= 0.6 is 11.3 Å². The second-order valence-corrected chi connectivity index (χ2v) is 4.71. The van der Waals surface area contributed by atoms with E-state index in [9.17, 15) is 9.59 Å². The Morgan fingerprint density at radius 2 is 1.89 bits per heavy atom. The number of rotatable bonds is 3. The molecule has 0 aliphatic rings. The van der Waals surface area contributed by atoms with Crippen molar-refractivity contribution < 1.29 is 9.59 Å². The van der Waals surface area contributed by atoms with Crippen LogP contribution in [-0.2, 0) is 0 Å². The zero-order valence-corrected chi connectivity index (χ0v) is 10.9. The number of carbonyl (C=O) groups is 2. The van der Waals surface area contributed by atoms with Crippen LogP contribution in [0, 0.1) is 6.92 Å². The first-order chi connectivity index (χ1) is 8.58. The fraction of sp³-hybridized carbons (Fsp3) is 0.154. The number of hydrogen-bond donors (Lipinski definition) is 1. The molecule has 1 aromatic heterocycles. The van der Waals surface area contributed by atoms with Crippen molar-refractivity contribution in [2.24, 2.45) is 0 Å². The number of aromatic nitrogens is 1. The van der Waals surface area contributed by atoms with Gasteiger partial charge in [0.15, 0.2) is 5.78 Å². The van der Waals surface area contributed by atoms with Crippen molar-refractivity contribution in [2.75, 3.05) is 5.32 Å². The van der Waals surface area contributed by atoms with Gasteiger partial charge in [0, 0.05) is 11.3 Å². The third kappa shape index (κ3) is 2.62. The quantitative estimate of drug-likeness (QED) is 0.863. The van der Waals surface area contributed by atoms with E-state index in [4.69, 9.17) is 0 Å². The van der Waals surface area contributed by atoms with Crippen LogP contribution in [-0.4, -0.2) is 16.7 Å². The maximum absolute atomic E-state index is 11.9. The number of nitrogens with zero attached hydrogens (tertiary/aromatic N) is 1. The Morgan fingerprint density at radius 1 is 1.22 bits per heavy atom. The topological polar surface area (TPSA) is 59.1 Å². The molecule has 1 aromatic carbocycles. The molecule has 0 radical (unpaired) electrons. The number of anilines is 1. The third-order valence-corrected chi connectivity index (χ3v) is 3.43. The molecule has 0 bridgehead atoms. The van der Waals surface area contributed by atoms with Gasteiger partial charge in [-0.1, -0.05) is 0 Å². The monoisotopic (exact) mass is 260 g/mol. The van der Waals surface area contributed by atoms with E-state index in [0.717, 1.165) is 5.69 Å². The van der Waals surface area contributed by atoms with E-state index in [-0.39, 0.29) is 11.7 Å². The van der Waals surface area contributed by atoms with Gasteiger partial charge >= 0.3 is 0 Å². The summed E-state index contributed by atoms with van der Waals surface area (Å²) in [6.07, 6.45) is 0. The summed E-state index contributed by atoms with van der Waals surface area (Å²) in [4.78, 5) is 27.7. The molecule has 0 fully saturated rings. The summed E-state index contributed by atoms with van der Waals surface area (Å²) in [6, 6.07) is 6.81. The van der Waals surface area contributed by atoms with Crippen LogP contribution in [0.4, 0.5) is 5.69 Å². The molecule has 0 atom stereocenters. The lowest BCUT2D eigenvalue weighted by Crippen LogP contribution is -2.11. The molecule has 0 saturated carbocycles. The smallest absolute Gasteiger partial charge is 0.267 e. The molecule has 0 saturated heterocycles. The number of ketones is 1. The van der Waals surface area contributed by atoms with Crippen LogP contribution in [0.3, 0.4) is 0 Å². The molecule has 0 aliphatic heterocycles. The number of thiazole rings is 1. The van der Waals surface area contributed by atoms with Crippen LogP contribution < -0.4 is 5.32 Å². The molecule has 1 heterocycles. The highest BCUT2D eigenvalue weighted by molar-refractivity contribution is 7.12. The van der Waals surface area contributed by atoms with Gasteiger partial charge in [0.25, 0.3) is 5.91 Å². The number of carbonyl (C=O) groups excluding carboxylic acids is 2. The first-order valence-corrected chi connectivity index (χ1v) is 6.28. The Kier molecular flexibility index (Phi) is 3.53. The molecule has 0 aliphatic carbocycles. The van der Waals surface area contributed by atoms with Crippen molar-refractivity contribution in [1.82, 2.24) is 4.98 Å². The molecule has 18 heavy (non-hydrogen) atoms. The summed E-state index contributed by atoms with van der Waals surface area (Å²) in [5.41, 5.74) is 3.65. The van der Waals surface area contributed by atoms with Crippen molar-refractivity contribution in [3.8, 4) is 0 Å². The van der Waals surface area contributed by atoms with Gasteiger partial charge in [0.05, 0.1) is 11.2 Å².